The van der Waals surface area contributed by atoms with Crippen LogP contribution in [-0.4, -0.2) is 38.4 Å². The molecule has 1 aliphatic rings. The highest BCUT2D eigenvalue weighted by Crippen LogP contribution is 2.17. The molecule has 7 heteroatoms. The minimum absolute atomic E-state index is 0.0375. The van der Waals surface area contributed by atoms with Gasteiger partial charge in [0, 0.05) is 31.1 Å². The number of benzene rings is 1. The zero-order valence-corrected chi connectivity index (χ0v) is 12.0. The van der Waals surface area contributed by atoms with E-state index in [0.29, 0.717) is 24.5 Å². The van der Waals surface area contributed by atoms with Gasteiger partial charge in [0.25, 0.3) is 0 Å². The number of amides is 1. The Morgan fingerprint density at radius 3 is 2.79 bits per heavy atom. The first-order valence-electron chi connectivity index (χ1n) is 5.92. The Bertz CT molecular complexity index is 588. The Kier molecular flexibility index (Phi) is 4.13. The smallest absolute Gasteiger partial charge is 0.240 e. The van der Waals surface area contributed by atoms with Gasteiger partial charge in [0.05, 0.1) is 4.90 Å². The molecule has 5 nitrogen and oxygen atoms in total. The maximum atomic E-state index is 12.1. The van der Waals surface area contributed by atoms with E-state index in [-0.39, 0.29) is 16.8 Å². The van der Waals surface area contributed by atoms with Gasteiger partial charge in [0.2, 0.25) is 15.9 Å². The lowest BCUT2D eigenvalue weighted by molar-refractivity contribution is -0.127. The van der Waals surface area contributed by atoms with Gasteiger partial charge in [-0.1, -0.05) is 17.7 Å². The number of nitrogens with zero attached hydrogens (tertiary/aromatic N) is 1. The van der Waals surface area contributed by atoms with E-state index in [1.165, 1.54) is 19.1 Å². The second-order valence-corrected chi connectivity index (χ2v) is 6.68. The van der Waals surface area contributed by atoms with Crippen LogP contribution in [0.4, 0.5) is 0 Å². The van der Waals surface area contributed by atoms with Crippen molar-refractivity contribution in [2.24, 2.45) is 0 Å². The first-order chi connectivity index (χ1) is 8.88. The number of hydrogen-bond donors (Lipinski definition) is 1. The van der Waals surface area contributed by atoms with Crippen LogP contribution in [0, 0.1) is 0 Å². The SMILES string of the molecule is CC(=O)N1CCC(NS(=O)(=O)c2cccc(Cl)c2)C1. The van der Waals surface area contributed by atoms with Crippen molar-refractivity contribution in [3.05, 3.63) is 29.3 Å². The highest BCUT2D eigenvalue weighted by atomic mass is 35.5. The van der Waals surface area contributed by atoms with Crippen molar-refractivity contribution in [3.8, 4) is 0 Å². The van der Waals surface area contributed by atoms with Crippen LogP contribution in [0.2, 0.25) is 5.02 Å². The van der Waals surface area contributed by atoms with Gasteiger partial charge in [-0.15, -0.1) is 0 Å². The van der Waals surface area contributed by atoms with Crippen LogP contribution in [-0.2, 0) is 14.8 Å². The maximum absolute atomic E-state index is 12.1. The van der Waals surface area contributed by atoms with Gasteiger partial charge < -0.3 is 4.90 Å². The molecule has 1 N–H and O–H groups in total. The normalized spacial score (nSPS) is 19.7. The predicted molar refractivity (Wildman–Crippen MR) is 72.4 cm³/mol. The van der Waals surface area contributed by atoms with E-state index in [2.05, 4.69) is 4.72 Å². The lowest BCUT2D eigenvalue weighted by atomic mass is 10.3. The lowest BCUT2D eigenvalue weighted by Crippen LogP contribution is -2.37. The minimum Gasteiger partial charge on any atom is -0.341 e. The molecule has 1 amide bonds. The third kappa shape index (κ3) is 3.46. The topological polar surface area (TPSA) is 66.5 Å². The fourth-order valence-electron chi connectivity index (χ4n) is 2.06. The summed E-state index contributed by atoms with van der Waals surface area (Å²) in [5.41, 5.74) is 0. The number of sulfonamides is 1. The van der Waals surface area contributed by atoms with Crippen molar-refractivity contribution in [1.29, 1.82) is 0 Å². The standard InChI is InChI=1S/C12H15ClN2O3S/c1-9(16)15-6-5-11(8-15)14-19(17,18)12-4-2-3-10(13)7-12/h2-4,7,11,14H,5-6,8H2,1H3. The Morgan fingerprint density at radius 1 is 1.47 bits per heavy atom. The molecule has 1 aromatic carbocycles. The molecular formula is C12H15ClN2O3S. The highest BCUT2D eigenvalue weighted by Gasteiger charge is 2.28. The zero-order chi connectivity index (χ0) is 14.0. The van der Waals surface area contributed by atoms with Crippen LogP contribution in [0.25, 0.3) is 0 Å². The summed E-state index contributed by atoms with van der Waals surface area (Å²) in [7, 11) is -3.59. The summed E-state index contributed by atoms with van der Waals surface area (Å²) < 4.78 is 26.9. The van der Waals surface area contributed by atoms with Crippen molar-refractivity contribution in [3.63, 3.8) is 0 Å². The van der Waals surface area contributed by atoms with Crippen molar-refractivity contribution in [2.75, 3.05) is 13.1 Å². The monoisotopic (exact) mass is 302 g/mol. The van der Waals surface area contributed by atoms with E-state index in [4.69, 9.17) is 11.6 Å². The first kappa shape index (κ1) is 14.3. The molecule has 0 bridgehead atoms. The summed E-state index contributed by atoms with van der Waals surface area (Å²) >= 11 is 5.79. The Morgan fingerprint density at radius 2 is 2.21 bits per heavy atom. The number of carbonyl (C=O) groups excluding carboxylic acids is 1. The average molecular weight is 303 g/mol. The second kappa shape index (κ2) is 5.48. The molecule has 1 aliphatic heterocycles. The molecule has 0 aliphatic carbocycles. The zero-order valence-electron chi connectivity index (χ0n) is 10.5. The number of carbonyl (C=O) groups is 1. The van der Waals surface area contributed by atoms with Crippen LogP contribution in [0.1, 0.15) is 13.3 Å². The number of likely N-dealkylation sites (tertiary alicyclic amines) is 1. The molecule has 1 heterocycles. The molecule has 1 aromatic rings. The number of hydrogen-bond acceptors (Lipinski definition) is 3. The van der Waals surface area contributed by atoms with Crippen LogP contribution in [0.5, 0.6) is 0 Å². The van der Waals surface area contributed by atoms with Crippen LogP contribution in [0.15, 0.2) is 29.2 Å². The van der Waals surface area contributed by atoms with Gasteiger partial charge in [-0.2, -0.15) is 0 Å². The molecule has 1 fully saturated rings. The molecule has 0 radical (unpaired) electrons. The van der Waals surface area contributed by atoms with Crippen molar-refractivity contribution in [1.82, 2.24) is 9.62 Å². The summed E-state index contributed by atoms with van der Waals surface area (Å²) in [4.78, 5) is 13.0. The average Bonchev–Trinajstić information content (AvgIpc) is 2.77. The van der Waals surface area contributed by atoms with Crippen LogP contribution < -0.4 is 4.72 Å². The lowest BCUT2D eigenvalue weighted by Gasteiger charge is -2.15. The molecule has 1 unspecified atom stereocenters. The van der Waals surface area contributed by atoms with Gasteiger partial charge in [0.1, 0.15) is 0 Å². The molecule has 1 saturated heterocycles. The molecule has 0 spiro atoms. The summed E-state index contributed by atoms with van der Waals surface area (Å²) in [5, 5.41) is 0.375. The second-order valence-electron chi connectivity index (χ2n) is 4.53. The molecule has 0 aromatic heterocycles. The summed E-state index contributed by atoms with van der Waals surface area (Å²) in [6, 6.07) is 5.86. The first-order valence-corrected chi connectivity index (χ1v) is 7.78. The van der Waals surface area contributed by atoms with Crippen LogP contribution >= 0.6 is 11.6 Å². The van der Waals surface area contributed by atoms with Crippen molar-refractivity contribution >= 4 is 27.5 Å². The third-order valence-electron chi connectivity index (χ3n) is 3.06. The molecule has 1 atom stereocenters. The van der Waals surface area contributed by atoms with E-state index in [9.17, 15) is 13.2 Å². The van der Waals surface area contributed by atoms with E-state index < -0.39 is 10.0 Å². The fraction of sp³-hybridized carbons (Fsp3) is 0.417. The Balaban J connectivity index is 2.09. The summed E-state index contributed by atoms with van der Waals surface area (Å²) in [5.74, 6) is -0.0375. The van der Waals surface area contributed by atoms with E-state index in [0.717, 1.165) is 0 Å². The maximum Gasteiger partial charge on any atom is 0.240 e. The van der Waals surface area contributed by atoms with Crippen LogP contribution in [0.3, 0.4) is 0 Å². The molecule has 0 saturated carbocycles. The molecular weight excluding hydrogens is 288 g/mol. The fourth-order valence-corrected chi connectivity index (χ4v) is 3.63. The molecule has 19 heavy (non-hydrogen) atoms. The predicted octanol–water partition coefficient (Wildman–Crippen LogP) is 1.24. The number of halogens is 1. The molecule has 2 rings (SSSR count). The highest BCUT2D eigenvalue weighted by molar-refractivity contribution is 7.89. The quantitative estimate of drug-likeness (QED) is 0.913. The van der Waals surface area contributed by atoms with Gasteiger partial charge in [-0.3, -0.25) is 4.79 Å². The van der Waals surface area contributed by atoms with Gasteiger partial charge in [0.15, 0.2) is 0 Å². The minimum atomic E-state index is -3.59. The Hall–Kier alpha value is -1.11. The third-order valence-corrected chi connectivity index (χ3v) is 4.82. The number of rotatable bonds is 3. The summed E-state index contributed by atoms with van der Waals surface area (Å²) in [6.45, 7) is 2.47. The van der Waals surface area contributed by atoms with Gasteiger partial charge >= 0.3 is 0 Å². The van der Waals surface area contributed by atoms with Crippen molar-refractivity contribution in [2.45, 2.75) is 24.3 Å². The number of nitrogens with one attached hydrogen (secondary N) is 1. The van der Waals surface area contributed by atoms with Gasteiger partial charge in [-0.05, 0) is 24.6 Å². The van der Waals surface area contributed by atoms with Gasteiger partial charge in [-0.25, -0.2) is 13.1 Å². The summed E-state index contributed by atoms with van der Waals surface area (Å²) in [6.07, 6.45) is 0.624. The largest absolute Gasteiger partial charge is 0.341 e. The van der Waals surface area contributed by atoms with Crippen molar-refractivity contribution < 1.29 is 13.2 Å². The molecule has 104 valence electrons. The van der Waals surface area contributed by atoms with E-state index in [1.807, 2.05) is 0 Å². The van der Waals surface area contributed by atoms with E-state index in [1.54, 1.807) is 17.0 Å². The van der Waals surface area contributed by atoms with E-state index >= 15 is 0 Å². The Labute approximate surface area is 117 Å².